The first-order chi connectivity index (χ1) is 10.2. The van der Waals surface area contributed by atoms with Crippen molar-refractivity contribution in [3.63, 3.8) is 0 Å². The zero-order valence-electron chi connectivity index (χ0n) is 11.5. The van der Waals surface area contributed by atoms with Crippen LogP contribution in [0.5, 0.6) is 0 Å². The fourth-order valence-corrected chi connectivity index (χ4v) is 3.60. The van der Waals surface area contributed by atoms with Gasteiger partial charge in [-0.3, -0.25) is 9.78 Å². The summed E-state index contributed by atoms with van der Waals surface area (Å²) in [7, 11) is 0. The minimum absolute atomic E-state index is 0.136. The second-order valence-electron chi connectivity index (χ2n) is 5.88. The predicted molar refractivity (Wildman–Crippen MR) is 79.4 cm³/mol. The third-order valence-corrected chi connectivity index (χ3v) is 4.76. The maximum atomic E-state index is 12.4. The van der Waals surface area contributed by atoms with Crippen molar-refractivity contribution >= 4 is 28.5 Å². The Morgan fingerprint density at radius 2 is 2.19 bits per heavy atom. The molecular formula is C15H16ClN3O2. The van der Waals surface area contributed by atoms with Crippen LogP contribution in [0.1, 0.15) is 23.3 Å². The number of halogens is 1. The first kappa shape index (κ1) is 13.1. The minimum atomic E-state index is -0.136. The number of piperidine rings is 3. The Morgan fingerprint density at radius 1 is 1.38 bits per heavy atom. The van der Waals surface area contributed by atoms with Crippen molar-refractivity contribution in [2.24, 2.45) is 5.92 Å². The molecule has 3 fully saturated rings. The number of carbonyl (C=O) groups excluding carboxylic acids is 1. The number of fused-ring (bicyclic) bond motifs is 4. The van der Waals surface area contributed by atoms with Crippen molar-refractivity contribution < 1.29 is 9.21 Å². The third-order valence-electron chi connectivity index (χ3n) is 4.58. The minimum Gasteiger partial charge on any atom is -0.445 e. The van der Waals surface area contributed by atoms with E-state index in [4.69, 9.17) is 16.0 Å². The van der Waals surface area contributed by atoms with E-state index in [-0.39, 0.29) is 11.9 Å². The summed E-state index contributed by atoms with van der Waals surface area (Å²) in [6.45, 7) is 3.27. The average Bonchev–Trinajstić information content (AvgIpc) is 2.87. The van der Waals surface area contributed by atoms with E-state index in [0.29, 0.717) is 22.4 Å². The van der Waals surface area contributed by atoms with Gasteiger partial charge in [0.1, 0.15) is 11.3 Å². The SMILES string of the molecule is O=C(NC1CN2CCC1CC2)c1cc2oc(Cl)cc2cn1. The second-order valence-corrected chi connectivity index (χ2v) is 6.25. The summed E-state index contributed by atoms with van der Waals surface area (Å²) in [6, 6.07) is 3.58. The Bertz CT molecular complexity index is 691. The molecule has 5 nitrogen and oxygen atoms in total. The number of carbonyl (C=O) groups is 1. The molecule has 6 heteroatoms. The molecule has 1 amide bonds. The Kier molecular flexibility index (Phi) is 3.12. The van der Waals surface area contributed by atoms with Crippen molar-refractivity contribution in [1.82, 2.24) is 15.2 Å². The first-order valence-corrected chi connectivity index (χ1v) is 7.65. The van der Waals surface area contributed by atoms with Crippen molar-refractivity contribution in [2.75, 3.05) is 19.6 Å². The van der Waals surface area contributed by atoms with E-state index in [2.05, 4.69) is 15.2 Å². The van der Waals surface area contributed by atoms with Crippen molar-refractivity contribution in [2.45, 2.75) is 18.9 Å². The van der Waals surface area contributed by atoms with Crippen LogP contribution < -0.4 is 5.32 Å². The van der Waals surface area contributed by atoms with E-state index in [1.807, 2.05) is 0 Å². The Labute approximate surface area is 127 Å². The number of nitrogens with zero attached hydrogens (tertiary/aromatic N) is 2. The number of pyridine rings is 1. The van der Waals surface area contributed by atoms with Gasteiger partial charge in [0, 0.05) is 36.3 Å². The zero-order chi connectivity index (χ0) is 14.4. The van der Waals surface area contributed by atoms with Gasteiger partial charge in [-0.15, -0.1) is 0 Å². The summed E-state index contributed by atoms with van der Waals surface area (Å²) >= 11 is 5.81. The van der Waals surface area contributed by atoms with Crippen LogP contribution in [0.15, 0.2) is 22.7 Å². The lowest BCUT2D eigenvalue weighted by Gasteiger charge is -2.44. The number of nitrogens with one attached hydrogen (secondary N) is 1. The second kappa shape index (κ2) is 5.00. The summed E-state index contributed by atoms with van der Waals surface area (Å²) < 4.78 is 5.34. The van der Waals surface area contributed by atoms with E-state index in [0.717, 1.165) is 25.0 Å². The van der Waals surface area contributed by atoms with Crippen molar-refractivity contribution in [3.05, 3.63) is 29.2 Å². The largest absolute Gasteiger partial charge is 0.445 e. The molecule has 5 rings (SSSR count). The topological polar surface area (TPSA) is 58.4 Å². The molecule has 110 valence electrons. The lowest BCUT2D eigenvalue weighted by atomic mass is 9.84. The Hall–Kier alpha value is -1.59. The zero-order valence-corrected chi connectivity index (χ0v) is 12.3. The van der Waals surface area contributed by atoms with E-state index in [1.165, 1.54) is 12.8 Å². The molecule has 1 atom stereocenters. The monoisotopic (exact) mass is 305 g/mol. The molecule has 21 heavy (non-hydrogen) atoms. The highest BCUT2D eigenvalue weighted by atomic mass is 35.5. The number of hydrogen-bond acceptors (Lipinski definition) is 4. The molecule has 2 aromatic heterocycles. The van der Waals surface area contributed by atoms with Gasteiger partial charge in [0.2, 0.25) is 0 Å². The maximum Gasteiger partial charge on any atom is 0.270 e. The molecule has 3 aliphatic rings. The summed E-state index contributed by atoms with van der Waals surface area (Å²) in [4.78, 5) is 19.0. The highest BCUT2D eigenvalue weighted by molar-refractivity contribution is 6.29. The van der Waals surface area contributed by atoms with E-state index in [9.17, 15) is 4.79 Å². The number of hydrogen-bond donors (Lipinski definition) is 1. The third kappa shape index (κ3) is 2.40. The predicted octanol–water partition coefficient (Wildman–Crippen LogP) is 2.31. The molecule has 1 unspecified atom stereocenters. The highest BCUT2D eigenvalue weighted by Gasteiger charge is 2.35. The number of furan rings is 1. The van der Waals surface area contributed by atoms with Crippen molar-refractivity contribution in [1.29, 1.82) is 0 Å². The molecule has 1 N–H and O–H groups in total. The van der Waals surface area contributed by atoms with Crippen LogP contribution in [0.3, 0.4) is 0 Å². The smallest absolute Gasteiger partial charge is 0.270 e. The van der Waals surface area contributed by atoms with Gasteiger partial charge in [-0.1, -0.05) is 0 Å². The maximum absolute atomic E-state index is 12.4. The molecule has 5 heterocycles. The van der Waals surface area contributed by atoms with E-state index < -0.39 is 0 Å². The van der Waals surface area contributed by atoms with Gasteiger partial charge in [-0.05, 0) is 43.5 Å². The quantitative estimate of drug-likeness (QED) is 0.925. The van der Waals surface area contributed by atoms with Gasteiger partial charge < -0.3 is 14.6 Å². The molecule has 3 aliphatic heterocycles. The van der Waals surface area contributed by atoms with E-state index >= 15 is 0 Å². The van der Waals surface area contributed by atoms with Gasteiger partial charge in [0.15, 0.2) is 5.22 Å². The number of aromatic nitrogens is 1. The molecule has 3 saturated heterocycles. The fraction of sp³-hybridized carbons (Fsp3) is 0.467. The molecule has 2 bridgehead atoms. The van der Waals surface area contributed by atoms with Crippen LogP contribution in [0.2, 0.25) is 5.22 Å². The molecule has 0 saturated carbocycles. The van der Waals surface area contributed by atoms with Crippen LogP contribution in [0.4, 0.5) is 0 Å². The molecule has 0 aliphatic carbocycles. The van der Waals surface area contributed by atoms with Gasteiger partial charge in [-0.2, -0.15) is 0 Å². The summed E-state index contributed by atoms with van der Waals surface area (Å²) in [6.07, 6.45) is 3.96. The number of amides is 1. The van der Waals surface area contributed by atoms with Gasteiger partial charge in [0.25, 0.3) is 5.91 Å². The molecule has 0 aromatic carbocycles. The first-order valence-electron chi connectivity index (χ1n) is 7.27. The lowest BCUT2D eigenvalue weighted by Crippen LogP contribution is -2.57. The lowest BCUT2D eigenvalue weighted by molar-refractivity contribution is 0.0618. The molecule has 0 spiro atoms. The summed E-state index contributed by atoms with van der Waals surface area (Å²) in [5.41, 5.74) is 0.971. The van der Waals surface area contributed by atoms with E-state index in [1.54, 1.807) is 18.3 Å². The summed E-state index contributed by atoms with van der Waals surface area (Å²) in [5.74, 6) is 0.462. The van der Waals surface area contributed by atoms with Crippen LogP contribution in [0.25, 0.3) is 11.0 Å². The van der Waals surface area contributed by atoms with Crippen LogP contribution in [0, 0.1) is 5.92 Å². The normalized spacial score (nSPS) is 28.0. The van der Waals surface area contributed by atoms with Gasteiger partial charge in [-0.25, -0.2) is 0 Å². The van der Waals surface area contributed by atoms with Crippen molar-refractivity contribution in [3.8, 4) is 0 Å². The fourth-order valence-electron chi connectivity index (χ4n) is 3.40. The molecule has 2 aromatic rings. The summed E-state index contributed by atoms with van der Waals surface area (Å²) in [5, 5.41) is 4.23. The van der Waals surface area contributed by atoms with Crippen LogP contribution >= 0.6 is 11.6 Å². The molecular weight excluding hydrogens is 290 g/mol. The average molecular weight is 306 g/mol. The van der Waals surface area contributed by atoms with Crippen LogP contribution in [-0.2, 0) is 0 Å². The Morgan fingerprint density at radius 3 is 2.90 bits per heavy atom. The van der Waals surface area contributed by atoms with Crippen LogP contribution in [-0.4, -0.2) is 41.5 Å². The Balaban J connectivity index is 1.53. The molecule has 0 radical (unpaired) electrons. The highest BCUT2D eigenvalue weighted by Crippen LogP contribution is 2.28. The standard InChI is InChI=1S/C15H16ClN3O2/c16-14-5-10-7-17-11(6-13(10)21-14)15(20)18-12-8-19-3-1-9(12)2-4-19/h5-7,9,12H,1-4,8H2,(H,18,20). The number of rotatable bonds is 2. The van der Waals surface area contributed by atoms with Gasteiger partial charge >= 0.3 is 0 Å². The van der Waals surface area contributed by atoms with Gasteiger partial charge in [0.05, 0.1) is 0 Å².